The zero-order chi connectivity index (χ0) is 16.1. The molecule has 5 nitrogen and oxygen atoms in total. The predicted octanol–water partition coefficient (Wildman–Crippen LogP) is 3.99. The highest BCUT2D eigenvalue weighted by atomic mass is 16.3. The number of anilines is 1. The highest BCUT2D eigenvalue weighted by Gasteiger charge is 2.10. The number of nitrogens with zero attached hydrogens (tertiary/aromatic N) is 1. The number of carbonyl (C=O) groups is 1. The minimum Gasteiger partial charge on any atom is -0.507 e. The maximum Gasteiger partial charge on any atom is 0.259 e. The normalized spacial score (nSPS) is 10.8. The summed E-state index contributed by atoms with van der Waals surface area (Å²) < 4.78 is 5.16. The molecule has 0 radical (unpaired) electrons. The van der Waals surface area contributed by atoms with E-state index in [2.05, 4.69) is 10.3 Å². The van der Waals surface area contributed by atoms with E-state index in [4.69, 9.17) is 4.42 Å². The number of hydrogen-bond acceptors (Lipinski definition) is 4. The number of nitrogens with one attached hydrogen (secondary N) is 1. The third kappa shape index (κ3) is 3.65. The van der Waals surface area contributed by atoms with Gasteiger partial charge in [-0.2, -0.15) is 0 Å². The number of rotatable bonds is 4. The van der Waals surface area contributed by atoms with Crippen LogP contribution in [0.4, 0.5) is 11.4 Å². The zero-order valence-electron chi connectivity index (χ0n) is 12.1. The number of phenolic OH excluding ortho intramolecular Hbond substituents is 1. The van der Waals surface area contributed by atoms with Gasteiger partial charge in [0, 0.05) is 5.69 Å². The Balaban J connectivity index is 1.68. The number of amides is 1. The van der Waals surface area contributed by atoms with Gasteiger partial charge in [-0.05, 0) is 48.5 Å². The number of furan rings is 1. The Labute approximate surface area is 132 Å². The number of benzene rings is 2. The maximum atomic E-state index is 12.1. The van der Waals surface area contributed by atoms with E-state index in [1.54, 1.807) is 61.0 Å². The van der Waals surface area contributed by atoms with E-state index < -0.39 is 0 Å². The smallest absolute Gasteiger partial charge is 0.259 e. The number of aromatic hydroxyl groups is 1. The molecule has 0 bridgehead atoms. The quantitative estimate of drug-likeness (QED) is 0.716. The molecule has 0 fully saturated rings. The second-order valence-electron chi connectivity index (χ2n) is 4.79. The van der Waals surface area contributed by atoms with Gasteiger partial charge >= 0.3 is 0 Å². The van der Waals surface area contributed by atoms with Crippen LogP contribution < -0.4 is 5.32 Å². The van der Waals surface area contributed by atoms with Crippen LogP contribution in [0.3, 0.4) is 0 Å². The van der Waals surface area contributed by atoms with Crippen molar-refractivity contribution in [3.8, 4) is 5.75 Å². The lowest BCUT2D eigenvalue weighted by Gasteiger charge is -2.06. The number of phenols is 1. The average Bonchev–Trinajstić information content (AvgIpc) is 3.08. The summed E-state index contributed by atoms with van der Waals surface area (Å²) in [6.07, 6.45) is 3.20. The van der Waals surface area contributed by atoms with Gasteiger partial charge in [-0.25, -0.2) is 0 Å². The Hall–Kier alpha value is -3.34. The zero-order valence-corrected chi connectivity index (χ0v) is 12.1. The predicted molar refractivity (Wildman–Crippen MR) is 88.5 cm³/mol. The Bertz CT molecular complexity index is 822. The molecule has 0 saturated heterocycles. The van der Waals surface area contributed by atoms with Crippen LogP contribution in [-0.2, 0) is 0 Å². The molecule has 0 aliphatic heterocycles. The summed E-state index contributed by atoms with van der Waals surface area (Å²) in [4.78, 5) is 16.4. The molecular weight excluding hydrogens is 292 g/mol. The Morgan fingerprint density at radius 3 is 2.52 bits per heavy atom. The molecule has 23 heavy (non-hydrogen) atoms. The van der Waals surface area contributed by atoms with E-state index in [-0.39, 0.29) is 17.2 Å². The first-order valence-corrected chi connectivity index (χ1v) is 6.99. The van der Waals surface area contributed by atoms with E-state index in [0.717, 1.165) is 5.69 Å². The van der Waals surface area contributed by atoms with Crippen molar-refractivity contribution in [2.45, 2.75) is 0 Å². The molecular formula is C18H14N2O3. The fraction of sp³-hybridized carbons (Fsp3) is 0. The molecule has 1 aromatic heterocycles. The molecule has 0 saturated carbocycles. The SMILES string of the molecule is O=C(Nc1ccc(N=Cc2ccco2)cc1)c1ccccc1O. The Kier molecular flexibility index (Phi) is 4.20. The molecule has 2 aromatic carbocycles. The monoisotopic (exact) mass is 306 g/mol. The van der Waals surface area contributed by atoms with E-state index in [0.29, 0.717) is 11.4 Å². The Morgan fingerprint density at radius 1 is 1.04 bits per heavy atom. The van der Waals surface area contributed by atoms with Gasteiger partial charge in [0.15, 0.2) is 0 Å². The summed E-state index contributed by atoms with van der Waals surface area (Å²) >= 11 is 0. The highest BCUT2D eigenvalue weighted by molar-refractivity contribution is 6.06. The summed E-state index contributed by atoms with van der Waals surface area (Å²) in [5, 5.41) is 12.4. The first-order valence-electron chi connectivity index (χ1n) is 6.99. The molecule has 114 valence electrons. The Morgan fingerprint density at radius 2 is 1.83 bits per heavy atom. The van der Waals surface area contributed by atoms with Crippen molar-refractivity contribution in [2.75, 3.05) is 5.32 Å². The topological polar surface area (TPSA) is 74.8 Å². The van der Waals surface area contributed by atoms with Gasteiger partial charge in [-0.15, -0.1) is 0 Å². The summed E-state index contributed by atoms with van der Waals surface area (Å²) in [6, 6.07) is 17.0. The fourth-order valence-electron chi connectivity index (χ4n) is 2.00. The summed E-state index contributed by atoms with van der Waals surface area (Å²) in [5.74, 6) is 0.251. The van der Waals surface area contributed by atoms with Crippen LogP contribution in [0.1, 0.15) is 16.1 Å². The van der Waals surface area contributed by atoms with Crippen LogP contribution in [0.2, 0.25) is 0 Å². The van der Waals surface area contributed by atoms with Gasteiger partial charge in [0.25, 0.3) is 5.91 Å². The molecule has 3 rings (SSSR count). The minimum absolute atomic E-state index is 0.0512. The van der Waals surface area contributed by atoms with Gasteiger partial charge < -0.3 is 14.8 Å². The van der Waals surface area contributed by atoms with Crippen molar-refractivity contribution in [1.82, 2.24) is 0 Å². The maximum absolute atomic E-state index is 12.1. The van der Waals surface area contributed by atoms with Crippen molar-refractivity contribution in [3.05, 3.63) is 78.3 Å². The average molecular weight is 306 g/mol. The lowest BCUT2D eigenvalue weighted by Crippen LogP contribution is -2.11. The molecule has 3 aromatic rings. The molecule has 0 aliphatic rings. The number of para-hydroxylation sites is 1. The van der Waals surface area contributed by atoms with Gasteiger partial charge in [-0.1, -0.05) is 12.1 Å². The molecule has 0 unspecified atom stereocenters. The third-order valence-electron chi connectivity index (χ3n) is 3.16. The first-order chi connectivity index (χ1) is 11.2. The van der Waals surface area contributed by atoms with Crippen LogP contribution in [0, 0.1) is 0 Å². The van der Waals surface area contributed by atoms with Crippen LogP contribution in [0.15, 0.2) is 76.3 Å². The van der Waals surface area contributed by atoms with Crippen molar-refractivity contribution in [3.63, 3.8) is 0 Å². The molecule has 0 atom stereocenters. The van der Waals surface area contributed by atoms with Gasteiger partial charge in [-0.3, -0.25) is 9.79 Å². The van der Waals surface area contributed by atoms with Gasteiger partial charge in [0.05, 0.1) is 23.7 Å². The summed E-state index contributed by atoms with van der Waals surface area (Å²) in [6.45, 7) is 0. The second-order valence-corrected chi connectivity index (χ2v) is 4.79. The largest absolute Gasteiger partial charge is 0.507 e. The molecule has 0 aliphatic carbocycles. The van der Waals surface area contributed by atoms with Crippen molar-refractivity contribution < 1.29 is 14.3 Å². The summed E-state index contributed by atoms with van der Waals surface area (Å²) in [7, 11) is 0. The third-order valence-corrected chi connectivity index (χ3v) is 3.16. The van der Waals surface area contributed by atoms with E-state index in [9.17, 15) is 9.90 Å². The molecule has 1 amide bonds. The first kappa shape index (κ1) is 14.6. The summed E-state index contributed by atoms with van der Waals surface area (Å²) in [5.41, 5.74) is 1.59. The van der Waals surface area contributed by atoms with Crippen LogP contribution in [0.5, 0.6) is 5.75 Å². The van der Waals surface area contributed by atoms with E-state index >= 15 is 0 Å². The van der Waals surface area contributed by atoms with Gasteiger partial charge in [0.2, 0.25) is 0 Å². The van der Waals surface area contributed by atoms with Crippen molar-refractivity contribution in [1.29, 1.82) is 0 Å². The number of aliphatic imine (C=N–C) groups is 1. The second kappa shape index (κ2) is 6.62. The highest BCUT2D eigenvalue weighted by Crippen LogP contribution is 2.20. The van der Waals surface area contributed by atoms with E-state index in [1.807, 2.05) is 6.07 Å². The van der Waals surface area contributed by atoms with E-state index in [1.165, 1.54) is 6.07 Å². The van der Waals surface area contributed by atoms with Crippen molar-refractivity contribution >= 4 is 23.5 Å². The number of carbonyl (C=O) groups excluding carboxylic acids is 1. The van der Waals surface area contributed by atoms with Crippen molar-refractivity contribution in [2.24, 2.45) is 4.99 Å². The van der Waals surface area contributed by atoms with Crippen LogP contribution in [-0.4, -0.2) is 17.2 Å². The molecule has 1 heterocycles. The molecule has 0 spiro atoms. The lowest BCUT2D eigenvalue weighted by atomic mass is 10.2. The fourth-order valence-corrected chi connectivity index (χ4v) is 2.00. The molecule has 2 N–H and O–H groups in total. The number of hydrogen-bond donors (Lipinski definition) is 2. The van der Waals surface area contributed by atoms with Gasteiger partial charge in [0.1, 0.15) is 11.5 Å². The standard InChI is InChI=1S/C18H14N2O3/c21-17-6-2-1-5-16(17)18(22)20-14-9-7-13(8-10-14)19-12-15-4-3-11-23-15/h1-12,21H,(H,20,22). The van der Waals surface area contributed by atoms with Crippen LogP contribution >= 0.6 is 0 Å². The minimum atomic E-state index is -0.366. The lowest BCUT2D eigenvalue weighted by molar-refractivity contribution is 0.102. The molecule has 5 heteroatoms. The van der Waals surface area contributed by atoms with Crippen LogP contribution in [0.25, 0.3) is 0 Å².